The molecule has 0 atom stereocenters. The van der Waals surface area contributed by atoms with Crippen LogP contribution in [0.4, 0.5) is 4.39 Å². The van der Waals surface area contributed by atoms with Gasteiger partial charge in [0, 0.05) is 13.1 Å². The molecule has 0 aliphatic carbocycles. The number of thioether (sulfide) groups is 1. The SMILES string of the molecule is CNC(=O)Cn1c(SCC(=O)O)nc2cc(I)c(F)cc21. The molecule has 1 amide bonds. The topological polar surface area (TPSA) is 84.2 Å². The highest BCUT2D eigenvalue weighted by atomic mass is 127. The first kappa shape index (κ1) is 16.0. The van der Waals surface area contributed by atoms with E-state index in [-0.39, 0.29) is 18.2 Å². The smallest absolute Gasteiger partial charge is 0.313 e. The molecule has 2 aromatic rings. The minimum absolute atomic E-state index is 0.0466. The van der Waals surface area contributed by atoms with Crippen molar-refractivity contribution in [1.82, 2.24) is 14.9 Å². The van der Waals surface area contributed by atoms with E-state index in [1.54, 1.807) is 6.07 Å². The van der Waals surface area contributed by atoms with Gasteiger partial charge in [0.1, 0.15) is 12.4 Å². The van der Waals surface area contributed by atoms with Crippen molar-refractivity contribution in [1.29, 1.82) is 0 Å². The Kier molecular flexibility index (Phi) is 5.04. The Morgan fingerprint density at radius 1 is 1.52 bits per heavy atom. The molecule has 6 nitrogen and oxygen atoms in total. The number of carbonyl (C=O) groups excluding carboxylic acids is 1. The minimum Gasteiger partial charge on any atom is -0.481 e. The monoisotopic (exact) mass is 423 g/mol. The number of amides is 1. The number of halogens is 2. The molecular formula is C12H11FIN3O3S. The molecule has 0 spiro atoms. The first-order valence-electron chi connectivity index (χ1n) is 5.83. The van der Waals surface area contributed by atoms with Crippen LogP contribution in [0.15, 0.2) is 17.3 Å². The molecule has 2 N–H and O–H groups in total. The van der Waals surface area contributed by atoms with Gasteiger partial charge in [-0.15, -0.1) is 0 Å². The molecule has 9 heteroatoms. The predicted octanol–water partition coefficient (Wildman–Crippen LogP) is 1.70. The third-order valence-electron chi connectivity index (χ3n) is 2.66. The Labute approximate surface area is 137 Å². The van der Waals surface area contributed by atoms with E-state index in [2.05, 4.69) is 10.3 Å². The number of likely N-dealkylation sites (N-methyl/N-ethyl adjacent to an activating group) is 1. The standard InChI is InChI=1S/C12H11FIN3O3S/c1-15-10(18)4-17-9-2-6(13)7(14)3-8(9)16-12(17)21-5-11(19)20/h2-3H,4-5H2,1H3,(H,15,18)(H,19,20). The van der Waals surface area contributed by atoms with E-state index < -0.39 is 11.8 Å². The van der Waals surface area contributed by atoms with Gasteiger partial charge in [-0.2, -0.15) is 0 Å². The first-order valence-corrected chi connectivity index (χ1v) is 7.89. The van der Waals surface area contributed by atoms with Crippen LogP contribution in [0, 0.1) is 9.39 Å². The van der Waals surface area contributed by atoms with Crippen molar-refractivity contribution in [2.45, 2.75) is 11.7 Å². The maximum absolute atomic E-state index is 13.7. The molecule has 0 saturated heterocycles. The zero-order valence-electron chi connectivity index (χ0n) is 10.9. The number of hydrogen-bond acceptors (Lipinski definition) is 4. The summed E-state index contributed by atoms with van der Waals surface area (Å²) in [5.41, 5.74) is 0.988. The molecule has 0 radical (unpaired) electrons. The third kappa shape index (κ3) is 3.64. The van der Waals surface area contributed by atoms with Crippen molar-refractivity contribution in [2.24, 2.45) is 0 Å². The second-order valence-electron chi connectivity index (χ2n) is 4.09. The van der Waals surface area contributed by atoms with E-state index in [4.69, 9.17) is 5.11 Å². The third-order valence-corrected chi connectivity index (χ3v) is 4.45. The molecule has 0 saturated carbocycles. The summed E-state index contributed by atoms with van der Waals surface area (Å²) in [6.07, 6.45) is 0. The van der Waals surface area contributed by atoms with Gasteiger partial charge in [0.25, 0.3) is 0 Å². The maximum atomic E-state index is 13.7. The Morgan fingerprint density at radius 2 is 2.24 bits per heavy atom. The van der Waals surface area contributed by atoms with Gasteiger partial charge in [-0.1, -0.05) is 11.8 Å². The van der Waals surface area contributed by atoms with E-state index >= 15 is 0 Å². The number of aromatic nitrogens is 2. The van der Waals surface area contributed by atoms with Crippen LogP contribution in [0.5, 0.6) is 0 Å². The average molecular weight is 423 g/mol. The summed E-state index contributed by atoms with van der Waals surface area (Å²) in [5.74, 6) is -1.85. The van der Waals surface area contributed by atoms with Crippen LogP contribution < -0.4 is 5.32 Å². The number of carboxylic acid groups (broad SMARTS) is 1. The van der Waals surface area contributed by atoms with Gasteiger partial charge >= 0.3 is 5.97 Å². The molecule has 2 rings (SSSR count). The number of benzene rings is 1. The van der Waals surface area contributed by atoms with E-state index in [1.165, 1.54) is 17.7 Å². The van der Waals surface area contributed by atoms with Crippen molar-refractivity contribution in [3.63, 3.8) is 0 Å². The van der Waals surface area contributed by atoms with Crippen LogP contribution in [0.25, 0.3) is 11.0 Å². The molecule has 0 fully saturated rings. The molecule has 1 heterocycles. The molecule has 1 aromatic heterocycles. The Bertz CT molecular complexity index is 719. The lowest BCUT2D eigenvalue weighted by atomic mass is 10.3. The van der Waals surface area contributed by atoms with Crippen LogP contribution in [0.3, 0.4) is 0 Å². The highest BCUT2D eigenvalue weighted by molar-refractivity contribution is 14.1. The molecule has 0 unspecified atom stereocenters. The summed E-state index contributed by atoms with van der Waals surface area (Å²) in [6, 6.07) is 2.87. The fourth-order valence-electron chi connectivity index (χ4n) is 1.71. The van der Waals surface area contributed by atoms with Crippen LogP contribution in [-0.4, -0.2) is 39.3 Å². The Morgan fingerprint density at radius 3 is 2.86 bits per heavy atom. The number of hydrogen-bond donors (Lipinski definition) is 2. The molecule has 0 aliphatic heterocycles. The van der Waals surface area contributed by atoms with Crippen molar-refractivity contribution >= 4 is 57.3 Å². The van der Waals surface area contributed by atoms with Gasteiger partial charge in [0.15, 0.2) is 5.16 Å². The molecular weight excluding hydrogens is 412 g/mol. The van der Waals surface area contributed by atoms with Crippen LogP contribution in [0.1, 0.15) is 0 Å². The number of carbonyl (C=O) groups is 2. The second kappa shape index (κ2) is 6.60. The quantitative estimate of drug-likeness (QED) is 0.565. The lowest BCUT2D eigenvalue weighted by Crippen LogP contribution is -2.23. The van der Waals surface area contributed by atoms with Crippen LogP contribution in [-0.2, 0) is 16.1 Å². The largest absolute Gasteiger partial charge is 0.481 e. The van der Waals surface area contributed by atoms with E-state index in [0.29, 0.717) is 19.8 Å². The van der Waals surface area contributed by atoms with E-state index in [1.807, 2.05) is 22.6 Å². The van der Waals surface area contributed by atoms with E-state index in [0.717, 1.165) is 11.8 Å². The van der Waals surface area contributed by atoms with Gasteiger partial charge in [-0.05, 0) is 28.7 Å². The molecule has 21 heavy (non-hydrogen) atoms. The van der Waals surface area contributed by atoms with E-state index in [9.17, 15) is 14.0 Å². The zero-order valence-corrected chi connectivity index (χ0v) is 13.9. The fourth-order valence-corrected chi connectivity index (χ4v) is 2.89. The number of imidazole rings is 1. The molecule has 112 valence electrons. The molecule has 0 aliphatic rings. The second-order valence-corrected chi connectivity index (χ2v) is 6.20. The average Bonchev–Trinajstić information content (AvgIpc) is 2.74. The summed E-state index contributed by atoms with van der Waals surface area (Å²) in [6.45, 7) is -0.0466. The van der Waals surface area contributed by atoms with Gasteiger partial charge in [0.05, 0.1) is 20.4 Å². The van der Waals surface area contributed by atoms with Crippen LogP contribution in [0.2, 0.25) is 0 Å². The summed E-state index contributed by atoms with van der Waals surface area (Å²) >= 11 is 2.85. The Balaban J connectivity index is 2.51. The number of nitrogens with one attached hydrogen (secondary N) is 1. The predicted molar refractivity (Wildman–Crippen MR) is 84.8 cm³/mol. The summed E-state index contributed by atoms with van der Waals surface area (Å²) in [4.78, 5) is 26.6. The molecule has 0 bridgehead atoms. The van der Waals surface area contributed by atoms with Gasteiger partial charge < -0.3 is 15.0 Å². The zero-order chi connectivity index (χ0) is 15.6. The number of rotatable bonds is 5. The summed E-state index contributed by atoms with van der Waals surface area (Å²) in [7, 11) is 1.50. The van der Waals surface area contributed by atoms with Gasteiger partial charge in [-0.25, -0.2) is 9.37 Å². The summed E-state index contributed by atoms with van der Waals surface area (Å²) in [5, 5.41) is 11.6. The lowest BCUT2D eigenvalue weighted by molar-refractivity contribution is -0.133. The highest BCUT2D eigenvalue weighted by Crippen LogP contribution is 2.26. The van der Waals surface area contributed by atoms with Crippen molar-refractivity contribution in [2.75, 3.05) is 12.8 Å². The fraction of sp³-hybridized carbons (Fsp3) is 0.250. The highest BCUT2D eigenvalue weighted by Gasteiger charge is 2.16. The Hall–Kier alpha value is -1.36. The van der Waals surface area contributed by atoms with Crippen molar-refractivity contribution < 1.29 is 19.1 Å². The molecule has 1 aromatic carbocycles. The number of nitrogens with zero attached hydrogens (tertiary/aromatic N) is 2. The van der Waals surface area contributed by atoms with Crippen molar-refractivity contribution in [3.8, 4) is 0 Å². The number of aliphatic carboxylic acids is 1. The maximum Gasteiger partial charge on any atom is 0.313 e. The van der Waals surface area contributed by atoms with Crippen molar-refractivity contribution in [3.05, 3.63) is 21.5 Å². The lowest BCUT2D eigenvalue weighted by Gasteiger charge is -2.07. The minimum atomic E-state index is -0.987. The number of carboxylic acids is 1. The number of fused-ring (bicyclic) bond motifs is 1. The summed E-state index contributed by atoms with van der Waals surface area (Å²) < 4.78 is 15.7. The normalized spacial score (nSPS) is 10.8. The van der Waals surface area contributed by atoms with Gasteiger partial charge in [0.2, 0.25) is 5.91 Å². The van der Waals surface area contributed by atoms with Gasteiger partial charge in [-0.3, -0.25) is 9.59 Å². The van der Waals surface area contributed by atoms with Crippen LogP contribution >= 0.6 is 34.4 Å². The first-order chi connectivity index (χ1) is 9.92.